The second-order valence-corrected chi connectivity index (χ2v) is 8.61. The lowest BCUT2D eigenvalue weighted by Gasteiger charge is -2.28. The predicted molar refractivity (Wildman–Crippen MR) is 128 cm³/mol. The van der Waals surface area contributed by atoms with Crippen LogP contribution >= 0.6 is 11.6 Å². The number of amides is 5. The van der Waals surface area contributed by atoms with Crippen molar-refractivity contribution in [1.82, 2.24) is 4.90 Å². The highest BCUT2D eigenvalue weighted by atomic mass is 35.5. The molecule has 0 radical (unpaired) electrons. The van der Waals surface area contributed by atoms with E-state index in [4.69, 9.17) is 22.1 Å². The number of hydrogen-bond acceptors (Lipinski definition) is 6. The van der Waals surface area contributed by atoms with Gasteiger partial charge in [-0.15, -0.1) is 0 Å². The van der Waals surface area contributed by atoms with Crippen LogP contribution in [-0.4, -0.2) is 72.2 Å². The van der Waals surface area contributed by atoms with Gasteiger partial charge in [0.15, 0.2) is 0 Å². The van der Waals surface area contributed by atoms with Gasteiger partial charge < -0.3 is 36.0 Å². The van der Waals surface area contributed by atoms with Crippen molar-refractivity contribution in [3.8, 4) is 0 Å². The van der Waals surface area contributed by atoms with Crippen LogP contribution in [-0.2, 0) is 14.3 Å². The Balaban J connectivity index is 1.51. The average molecular weight is 502 g/mol. The molecule has 35 heavy (non-hydrogen) atoms. The molecule has 184 valence electrons. The van der Waals surface area contributed by atoms with E-state index >= 15 is 0 Å². The van der Waals surface area contributed by atoms with Crippen molar-refractivity contribution in [3.63, 3.8) is 0 Å². The molecule has 2 aliphatic heterocycles. The molecule has 2 aromatic rings. The van der Waals surface area contributed by atoms with Crippen molar-refractivity contribution in [1.29, 1.82) is 0 Å². The summed E-state index contributed by atoms with van der Waals surface area (Å²) in [6, 6.07) is 9.37. The zero-order valence-electron chi connectivity index (χ0n) is 18.6. The quantitative estimate of drug-likeness (QED) is 0.485. The van der Waals surface area contributed by atoms with Gasteiger partial charge in [0.1, 0.15) is 12.6 Å². The number of primary amides is 1. The summed E-state index contributed by atoms with van der Waals surface area (Å²) in [7, 11) is 0. The van der Waals surface area contributed by atoms with E-state index in [1.807, 2.05) is 0 Å². The molecule has 0 saturated carbocycles. The zero-order chi connectivity index (χ0) is 25.1. The lowest BCUT2D eigenvalue weighted by Crippen LogP contribution is -2.45. The number of nitrogens with one attached hydrogen (secondary N) is 2. The SMILES string of the molecule is NC(=O)c1cc(N2CCOCC2=O)ccc1NC(=O)[C@H]1C[C@@H](O)CN1C(=O)Nc1ccc(Cl)cc1. The van der Waals surface area contributed by atoms with Crippen LogP contribution in [0.15, 0.2) is 42.5 Å². The van der Waals surface area contributed by atoms with Crippen LogP contribution < -0.4 is 21.3 Å². The Hall–Kier alpha value is -3.67. The van der Waals surface area contributed by atoms with Crippen LogP contribution in [0, 0.1) is 0 Å². The third-order valence-corrected chi connectivity index (χ3v) is 6.01. The minimum atomic E-state index is -0.987. The van der Waals surface area contributed by atoms with E-state index in [9.17, 15) is 24.3 Å². The summed E-state index contributed by atoms with van der Waals surface area (Å²) in [6.45, 7) is 0.565. The molecule has 0 spiro atoms. The van der Waals surface area contributed by atoms with Crippen LogP contribution in [0.4, 0.5) is 21.9 Å². The molecule has 2 aromatic carbocycles. The first-order valence-corrected chi connectivity index (χ1v) is 11.2. The lowest BCUT2D eigenvalue weighted by atomic mass is 10.1. The normalized spacial score (nSPS) is 20.0. The number of likely N-dealkylation sites (tertiary alicyclic amines) is 1. The number of hydrogen-bond donors (Lipinski definition) is 4. The number of nitrogens with two attached hydrogens (primary N) is 1. The number of carbonyl (C=O) groups is 4. The Morgan fingerprint density at radius 1 is 1.11 bits per heavy atom. The van der Waals surface area contributed by atoms with Gasteiger partial charge in [0.2, 0.25) is 5.91 Å². The summed E-state index contributed by atoms with van der Waals surface area (Å²) in [5, 5.41) is 16.0. The number of urea groups is 1. The first-order valence-electron chi connectivity index (χ1n) is 10.9. The minimum Gasteiger partial charge on any atom is -0.391 e. The maximum absolute atomic E-state index is 13.1. The van der Waals surface area contributed by atoms with Gasteiger partial charge in [-0.25, -0.2) is 4.79 Å². The van der Waals surface area contributed by atoms with E-state index < -0.39 is 30.0 Å². The fourth-order valence-corrected chi connectivity index (χ4v) is 4.16. The average Bonchev–Trinajstić information content (AvgIpc) is 3.23. The number of morpholine rings is 1. The fourth-order valence-electron chi connectivity index (χ4n) is 4.04. The van der Waals surface area contributed by atoms with Crippen LogP contribution in [0.25, 0.3) is 0 Å². The summed E-state index contributed by atoms with van der Waals surface area (Å²) in [5.74, 6) is -1.65. The van der Waals surface area contributed by atoms with Gasteiger partial charge in [-0.05, 0) is 42.5 Å². The molecule has 2 aliphatic rings. The van der Waals surface area contributed by atoms with Gasteiger partial charge in [-0.2, -0.15) is 0 Å². The second kappa shape index (κ2) is 10.3. The van der Waals surface area contributed by atoms with Crippen molar-refractivity contribution in [2.75, 3.05) is 41.8 Å². The highest BCUT2D eigenvalue weighted by Crippen LogP contribution is 2.27. The molecule has 2 heterocycles. The number of anilines is 3. The molecule has 0 unspecified atom stereocenters. The topological polar surface area (TPSA) is 154 Å². The lowest BCUT2D eigenvalue weighted by molar-refractivity contribution is -0.125. The Bertz CT molecular complexity index is 1160. The number of nitrogens with zero attached hydrogens (tertiary/aromatic N) is 2. The smallest absolute Gasteiger partial charge is 0.322 e. The van der Waals surface area contributed by atoms with Gasteiger partial charge in [-0.1, -0.05) is 11.6 Å². The maximum Gasteiger partial charge on any atom is 0.322 e. The zero-order valence-corrected chi connectivity index (χ0v) is 19.3. The van der Waals surface area contributed by atoms with E-state index in [-0.39, 0.29) is 36.7 Å². The number of β-amino-alcohol motifs (C(OH)–C–C–N with tert-alkyl or cyclic N) is 1. The summed E-state index contributed by atoms with van der Waals surface area (Å²) >= 11 is 5.87. The molecule has 4 rings (SSSR count). The molecule has 0 bridgehead atoms. The summed E-state index contributed by atoms with van der Waals surface area (Å²) < 4.78 is 5.12. The van der Waals surface area contributed by atoms with Gasteiger partial charge in [0, 0.05) is 35.9 Å². The molecule has 2 saturated heterocycles. The van der Waals surface area contributed by atoms with Crippen molar-refractivity contribution in [3.05, 3.63) is 53.1 Å². The highest BCUT2D eigenvalue weighted by molar-refractivity contribution is 6.30. The van der Waals surface area contributed by atoms with E-state index in [0.29, 0.717) is 29.5 Å². The van der Waals surface area contributed by atoms with Crippen molar-refractivity contribution >= 4 is 52.4 Å². The Labute approximate surface area is 205 Å². The van der Waals surface area contributed by atoms with Crippen LogP contribution in [0.3, 0.4) is 0 Å². The van der Waals surface area contributed by atoms with Gasteiger partial charge in [0.25, 0.3) is 11.8 Å². The van der Waals surface area contributed by atoms with E-state index in [1.165, 1.54) is 21.9 Å². The number of rotatable bonds is 5. The van der Waals surface area contributed by atoms with Crippen molar-refractivity contribution in [2.24, 2.45) is 5.73 Å². The van der Waals surface area contributed by atoms with Gasteiger partial charge in [0.05, 0.1) is 24.0 Å². The van der Waals surface area contributed by atoms with E-state index in [1.54, 1.807) is 30.3 Å². The maximum atomic E-state index is 13.1. The monoisotopic (exact) mass is 501 g/mol. The summed E-state index contributed by atoms with van der Waals surface area (Å²) in [6.07, 6.45) is -0.876. The summed E-state index contributed by atoms with van der Waals surface area (Å²) in [4.78, 5) is 52.8. The Morgan fingerprint density at radius 3 is 2.54 bits per heavy atom. The highest BCUT2D eigenvalue weighted by Gasteiger charge is 2.39. The standard InChI is InChI=1S/C23H24ClN5O6/c24-13-1-3-14(4-2-13)26-23(34)29-11-16(30)10-19(29)22(33)27-18-6-5-15(9-17(18)21(25)32)28-7-8-35-12-20(28)31/h1-6,9,16,19,30H,7-8,10-12H2,(H2,25,32)(H,26,34)(H,27,33)/t16-,19-/m1/s1. The van der Waals surface area contributed by atoms with E-state index in [0.717, 1.165) is 0 Å². The number of aliphatic hydroxyl groups excluding tert-OH is 1. The van der Waals surface area contributed by atoms with Crippen LogP contribution in [0.2, 0.25) is 5.02 Å². The first-order chi connectivity index (χ1) is 16.7. The van der Waals surface area contributed by atoms with Crippen molar-refractivity contribution in [2.45, 2.75) is 18.6 Å². The fraction of sp³-hybridized carbons (Fsp3) is 0.304. The van der Waals surface area contributed by atoms with Crippen LogP contribution in [0.5, 0.6) is 0 Å². The second-order valence-electron chi connectivity index (χ2n) is 8.18. The van der Waals surface area contributed by atoms with Gasteiger partial charge >= 0.3 is 6.03 Å². The van der Waals surface area contributed by atoms with Crippen molar-refractivity contribution < 1.29 is 29.0 Å². The molecule has 0 aliphatic carbocycles. The molecule has 12 heteroatoms. The molecule has 5 amide bonds. The molecule has 2 fully saturated rings. The molecular weight excluding hydrogens is 478 g/mol. The molecule has 5 N–H and O–H groups in total. The first kappa shape index (κ1) is 24.5. The Kier molecular flexibility index (Phi) is 7.20. The largest absolute Gasteiger partial charge is 0.391 e. The Morgan fingerprint density at radius 2 is 1.86 bits per heavy atom. The van der Waals surface area contributed by atoms with E-state index in [2.05, 4.69) is 10.6 Å². The predicted octanol–water partition coefficient (Wildman–Crippen LogP) is 1.41. The minimum absolute atomic E-state index is 0.00542. The number of aliphatic hydroxyl groups is 1. The number of carbonyl (C=O) groups excluding carboxylic acids is 4. The van der Waals surface area contributed by atoms with Crippen LogP contribution in [0.1, 0.15) is 16.8 Å². The number of halogens is 1. The third-order valence-electron chi connectivity index (χ3n) is 5.76. The molecule has 11 nitrogen and oxygen atoms in total. The van der Waals surface area contributed by atoms with Gasteiger partial charge in [-0.3, -0.25) is 14.4 Å². The molecule has 2 atom stereocenters. The summed E-state index contributed by atoms with van der Waals surface area (Å²) in [5.41, 5.74) is 6.59. The number of benzene rings is 2. The molecular formula is C23H24ClN5O6. The third kappa shape index (κ3) is 5.53. The molecule has 0 aromatic heterocycles. The number of ether oxygens (including phenoxy) is 1.